The minimum Gasteiger partial charge on any atom is -0.304 e. The summed E-state index contributed by atoms with van der Waals surface area (Å²) in [5.74, 6) is -0.715. The van der Waals surface area contributed by atoms with Gasteiger partial charge >= 0.3 is 0 Å². The first-order valence-electron chi connectivity index (χ1n) is 7.36. The highest BCUT2D eigenvalue weighted by atomic mass is 32.2. The second kappa shape index (κ2) is 7.24. The van der Waals surface area contributed by atoms with E-state index in [1.165, 1.54) is 11.8 Å². The molecular weight excluding hydrogens is 308 g/mol. The topological polar surface area (TPSA) is 58.5 Å². The maximum absolute atomic E-state index is 12.2. The number of aliphatic imine (C=N–C) groups is 1. The van der Waals surface area contributed by atoms with E-state index in [0.29, 0.717) is 17.3 Å². The van der Waals surface area contributed by atoms with Crippen LogP contribution in [-0.2, 0) is 21.8 Å². The van der Waals surface area contributed by atoms with Crippen LogP contribution in [0.2, 0.25) is 0 Å². The van der Waals surface area contributed by atoms with Crippen molar-refractivity contribution in [2.45, 2.75) is 12.2 Å². The van der Waals surface area contributed by atoms with Gasteiger partial charge in [0, 0.05) is 5.75 Å². The summed E-state index contributed by atoms with van der Waals surface area (Å²) >= 11 is 1.36. The molecule has 1 atom stereocenters. The molecule has 0 spiro atoms. The maximum Gasteiger partial charge on any atom is 0.261 e. The average Bonchev–Trinajstić information content (AvgIpc) is 2.58. The summed E-state index contributed by atoms with van der Waals surface area (Å²) in [4.78, 5) is 28.4. The number of hydrogen-bond donors (Lipinski definition) is 1. The van der Waals surface area contributed by atoms with E-state index in [-0.39, 0.29) is 11.8 Å². The number of nitrogens with zero attached hydrogens (tertiary/aromatic N) is 1. The Morgan fingerprint density at radius 3 is 2.13 bits per heavy atom. The SMILES string of the molecule is O=C1N=C(SCc2ccccc2)NC(=O)C1Cc1ccccc1. The summed E-state index contributed by atoms with van der Waals surface area (Å²) in [7, 11) is 0. The number of thioether (sulfide) groups is 1. The molecule has 1 aliphatic rings. The lowest BCUT2D eigenvalue weighted by atomic mass is 9.97. The minimum absolute atomic E-state index is 0.274. The number of carbonyl (C=O) groups is 2. The van der Waals surface area contributed by atoms with Gasteiger partial charge in [0.2, 0.25) is 5.91 Å². The monoisotopic (exact) mass is 324 g/mol. The predicted octanol–water partition coefficient (Wildman–Crippen LogP) is 2.79. The van der Waals surface area contributed by atoms with E-state index in [1.54, 1.807) is 0 Å². The van der Waals surface area contributed by atoms with Gasteiger partial charge in [0.15, 0.2) is 5.17 Å². The number of benzene rings is 2. The fraction of sp³-hybridized carbons (Fsp3) is 0.167. The lowest BCUT2D eigenvalue weighted by Crippen LogP contribution is -2.43. The Morgan fingerprint density at radius 1 is 0.913 bits per heavy atom. The van der Waals surface area contributed by atoms with Crippen LogP contribution in [0.25, 0.3) is 0 Å². The molecule has 1 aliphatic heterocycles. The maximum atomic E-state index is 12.2. The van der Waals surface area contributed by atoms with Crippen molar-refractivity contribution >= 4 is 28.7 Å². The van der Waals surface area contributed by atoms with Crippen molar-refractivity contribution in [3.63, 3.8) is 0 Å². The summed E-state index contributed by atoms with van der Waals surface area (Å²) in [5.41, 5.74) is 2.07. The quantitative estimate of drug-likeness (QED) is 0.880. The first-order chi connectivity index (χ1) is 11.2. The molecule has 0 fully saturated rings. The number of rotatable bonds is 4. The average molecular weight is 324 g/mol. The van der Waals surface area contributed by atoms with Gasteiger partial charge < -0.3 is 5.32 Å². The molecule has 0 aliphatic carbocycles. The normalized spacial score (nSPS) is 17.6. The van der Waals surface area contributed by atoms with Gasteiger partial charge in [-0.25, -0.2) is 0 Å². The summed E-state index contributed by atoms with van der Waals surface area (Å²) in [5, 5.41) is 3.12. The molecule has 2 aromatic rings. The van der Waals surface area contributed by atoms with Crippen LogP contribution in [0.3, 0.4) is 0 Å². The highest BCUT2D eigenvalue weighted by molar-refractivity contribution is 8.13. The van der Waals surface area contributed by atoms with Crippen LogP contribution in [-0.4, -0.2) is 17.0 Å². The third kappa shape index (κ3) is 4.07. The molecule has 116 valence electrons. The largest absolute Gasteiger partial charge is 0.304 e. The van der Waals surface area contributed by atoms with E-state index in [2.05, 4.69) is 10.3 Å². The molecule has 4 nitrogen and oxygen atoms in total. The first kappa shape index (κ1) is 15.5. The van der Waals surface area contributed by atoms with Crippen molar-refractivity contribution in [3.05, 3.63) is 71.8 Å². The van der Waals surface area contributed by atoms with Crippen LogP contribution in [0.1, 0.15) is 11.1 Å². The molecule has 1 heterocycles. The fourth-order valence-electron chi connectivity index (χ4n) is 2.33. The number of carbonyl (C=O) groups excluding carboxylic acids is 2. The third-order valence-electron chi connectivity index (χ3n) is 3.56. The van der Waals surface area contributed by atoms with Crippen LogP contribution >= 0.6 is 11.8 Å². The second-order valence-electron chi connectivity index (χ2n) is 5.26. The van der Waals surface area contributed by atoms with Gasteiger partial charge in [-0.05, 0) is 17.5 Å². The van der Waals surface area contributed by atoms with Crippen LogP contribution in [0, 0.1) is 5.92 Å². The van der Waals surface area contributed by atoms with E-state index in [1.807, 2.05) is 60.7 Å². The Labute approximate surface area is 139 Å². The van der Waals surface area contributed by atoms with Gasteiger partial charge in [-0.15, -0.1) is 0 Å². The van der Waals surface area contributed by atoms with E-state index in [0.717, 1.165) is 11.1 Å². The van der Waals surface area contributed by atoms with E-state index in [4.69, 9.17) is 0 Å². The zero-order valence-corrected chi connectivity index (χ0v) is 13.3. The lowest BCUT2D eigenvalue weighted by molar-refractivity contribution is -0.133. The fourth-order valence-corrected chi connectivity index (χ4v) is 3.16. The van der Waals surface area contributed by atoms with Gasteiger partial charge in [0.25, 0.3) is 5.91 Å². The summed E-state index contributed by atoms with van der Waals surface area (Å²) < 4.78 is 0. The molecule has 2 amide bonds. The highest BCUT2D eigenvalue weighted by Crippen LogP contribution is 2.19. The Hall–Kier alpha value is -2.40. The van der Waals surface area contributed by atoms with Crippen molar-refractivity contribution in [2.75, 3.05) is 0 Å². The molecule has 0 saturated carbocycles. The van der Waals surface area contributed by atoms with E-state index >= 15 is 0 Å². The lowest BCUT2D eigenvalue weighted by Gasteiger charge is -2.19. The van der Waals surface area contributed by atoms with E-state index in [9.17, 15) is 9.59 Å². The van der Waals surface area contributed by atoms with Crippen molar-refractivity contribution in [1.29, 1.82) is 0 Å². The molecule has 5 heteroatoms. The highest BCUT2D eigenvalue weighted by Gasteiger charge is 2.32. The van der Waals surface area contributed by atoms with Crippen molar-refractivity contribution in [2.24, 2.45) is 10.9 Å². The first-order valence-corrected chi connectivity index (χ1v) is 8.35. The summed E-state index contributed by atoms with van der Waals surface area (Å²) in [6, 6.07) is 19.4. The van der Waals surface area contributed by atoms with Gasteiger partial charge in [-0.1, -0.05) is 72.4 Å². The second-order valence-corrected chi connectivity index (χ2v) is 6.23. The van der Waals surface area contributed by atoms with Crippen molar-refractivity contribution in [3.8, 4) is 0 Å². The molecule has 23 heavy (non-hydrogen) atoms. The summed E-state index contributed by atoms with van der Waals surface area (Å²) in [6.45, 7) is 0. The molecular formula is C18H16N2O2S. The number of nitrogens with one attached hydrogen (secondary N) is 1. The van der Waals surface area contributed by atoms with Gasteiger partial charge in [0.05, 0.1) is 0 Å². The smallest absolute Gasteiger partial charge is 0.261 e. The number of amides is 2. The molecule has 0 radical (unpaired) electrons. The zero-order valence-electron chi connectivity index (χ0n) is 12.4. The Morgan fingerprint density at radius 2 is 1.52 bits per heavy atom. The van der Waals surface area contributed by atoms with E-state index < -0.39 is 5.92 Å². The zero-order chi connectivity index (χ0) is 16.1. The summed E-state index contributed by atoms with van der Waals surface area (Å²) in [6.07, 6.45) is 0.381. The number of amidine groups is 1. The predicted molar refractivity (Wildman–Crippen MR) is 92.0 cm³/mol. The molecule has 0 bridgehead atoms. The minimum atomic E-state index is -0.738. The molecule has 2 aromatic carbocycles. The van der Waals surface area contributed by atoms with Crippen LogP contribution < -0.4 is 5.32 Å². The molecule has 0 saturated heterocycles. The standard InChI is InChI=1S/C18H16N2O2S/c21-16-15(11-13-7-3-1-4-8-13)17(22)20-18(19-16)23-12-14-9-5-2-6-10-14/h1-10,15H,11-12H2,(H,19,20,21,22). The molecule has 1 N–H and O–H groups in total. The van der Waals surface area contributed by atoms with Crippen LogP contribution in [0.5, 0.6) is 0 Å². The molecule has 0 aromatic heterocycles. The van der Waals surface area contributed by atoms with Crippen LogP contribution in [0.4, 0.5) is 0 Å². The molecule has 1 unspecified atom stereocenters. The Kier molecular flexibility index (Phi) is 4.88. The van der Waals surface area contributed by atoms with Gasteiger partial charge in [-0.3, -0.25) is 9.59 Å². The molecule has 3 rings (SSSR count). The third-order valence-corrected chi connectivity index (χ3v) is 4.50. The van der Waals surface area contributed by atoms with Gasteiger partial charge in [-0.2, -0.15) is 4.99 Å². The number of hydrogen-bond acceptors (Lipinski definition) is 3. The van der Waals surface area contributed by atoms with Crippen molar-refractivity contribution < 1.29 is 9.59 Å². The van der Waals surface area contributed by atoms with Crippen molar-refractivity contribution in [1.82, 2.24) is 5.32 Å². The van der Waals surface area contributed by atoms with Gasteiger partial charge in [0.1, 0.15) is 5.92 Å². The Balaban J connectivity index is 1.64. The Bertz CT molecular complexity index is 729. The van der Waals surface area contributed by atoms with Crippen LogP contribution in [0.15, 0.2) is 65.7 Å².